The van der Waals surface area contributed by atoms with Crippen molar-refractivity contribution in [2.45, 2.75) is 25.9 Å². The summed E-state index contributed by atoms with van der Waals surface area (Å²) in [6, 6.07) is 20.7. The fraction of sp³-hybridized carbons (Fsp3) is 0.222. The number of methoxy groups -OCH3 is 1. The van der Waals surface area contributed by atoms with Crippen LogP contribution in [0.3, 0.4) is 0 Å². The van der Waals surface area contributed by atoms with Crippen molar-refractivity contribution in [3.8, 4) is 11.5 Å². The first kappa shape index (κ1) is 25.5. The first-order valence-electron chi connectivity index (χ1n) is 11.5. The van der Waals surface area contributed by atoms with Crippen LogP contribution >= 0.6 is 23.8 Å². The summed E-state index contributed by atoms with van der Waals surface area (Å²) in [5.41, 5.74) is 1.99. The summed E-state index contributed by atoms with van der Waals surface area (Å²) in [5.74, 6) is 0.717. The van der Waals surface area contributed by atoms with Crippen molar-refractivity contribution in [3.63, 3.8) is 0 Å². The summed E-state index contributed by atoms with van der Waals surface area (Å²) in [5, 5.41) is 3.73. The highest BCUT2D eigenvalue weighted by Crippen LogP contribution is 2.31. The molecule has 9 heteroatoms. The smallest absolute Gasteiger partial charge is 0.256 e. The van der Waals surface area contributed by atoms with Gasteiger partial charge in [0.25, 0.3) is 5.91 Å². The van der Waals surface area contributed by atoms with E-state index in [0.717, 1.165) is 5.56 Å². The molecule has 1 aliphatic heterocycles. The highest BCUT2D eigenvalue weighted by Gasteiger charge is 2.44. The monoisotopic (exact) mass is 523 g/mol. The van der Waals surface area contributed by atoms with Gasteiger partial charge in [-0.25, -0.2) is 0 Å². The lowest BCUT2D eigenvalue weighted by Crippen LogP contribution is -2.37. The Hall–Kier alpha value is -3.62. The van der Waals surface area contributed by atoms with Crippen LogP contribution in [0.15, 0.2) is 72.8 Å². The molecule has 0 saturated carbocycles. The second-order valence-corrected chi connectivity index (χ2v) is 8.87. The van der Waals surface area contributed by atoms with E-state index in [2.05, 4.69) is 5.32 Å². The molecule has 3 aromatic rings. The Bertz CT molecular complexity index is 1270. The molecule has 0 radical (unpaired) electrons. The molecule has 1 aliphatic rings. The Morgan fingerprint density at radius 3 is 2.50 bits per heavy atom. The lowest BCUT2D eigenvalue weighted by Gasteiger charge is -2.24. The molecule has 0 bridgehead atoms. The van der Waals surface area contributed by atoms with Crippen LogP contribution < -0.4 is 19.7 Å². The highest BCUT2D eigenvalue weighted by molar-refractivity contribution is 7.80. The maximum atomic E-state index is 13.6. The number of carbonyl (C=O) groups is 2. The van der Waals surface area contributed by atoms with Crippen molar-refractivity contribution >= 4 is 52.1 Å². The van der Waals surface area contributed by atoms with E-state index < -0.39 is 6.04 Å². The molecule has 2 amide bonds. The predicted molar refractivity (Wildman–Crippen MR) is 145 cm³/mol. The number of nitrogens with one attached hydrogen (secondary N) is 1. The van der Waals surface area contributed by atoms with E-state index in [1.807, 2.05) is 31.2 Å². The number of halogens is 1. The first-order valence-corrected chi connectivity index (χ1v) is 12.2. The molecular formula is C27H26ClN3O4S. The summed E-state index contributed by atoms with van der Waals surface area (Å²) >= 11 is 12.1. The second-order valence-electron chi connectivity index (χ2n) is 8.10. The standard InChI is InChI=1S/C27H26ClN3O4S/c1-3-35-22-9-6-8-19(15-22)29-25(32)16-24-26(33)31(20-11-13-21(34-2)14-12-20)27(36)30(24)17-18-7-4-5-10-23(18)28/h4-15,24H,3,16-17H2,1-2H3,(H,29,32). The minimum Gasteiger partial charge on any atom is -0.497 e. The highest BCUT2D eigenvalue weighted by atomic mass is 35.5. The van der Waals surface area contributed by atoms with E-state index in [1.165, 1.54) is 4.90 Å². The van der Waals surface area contributed by atoms with Gasteiger partial charge in [0.2, 0.25) is 5.91 Å². The maximum absolute atomic E-state index is 13.6. The Labute approximate surface area is 220 Å². The van der Waals surface area contributed by atoms with Gasteiger partial charge in [-0.2, -0.15) is 0 Å². The van der Waals surface area contributed by atoms with Gasteiger partial charge in [-0.15, -0.1) is 0 Å². The number of hydrogen-bond donors (Lipinski definition) is 1. The largest absolute Gasteiger partial charge is 0.497 e. The summed E-state index contributed by atoms with van der Waals surface area (Å²) in [7, 11) is 1.57. The lowest BCUT2D eigenvalue weighted by atomic mass is 10.1. The molecule has 4 rings (SSSR count). The van der Waals surface area contributed by atoms with Crippen molar-refractivity contribution in [1.29, 1.82) is 0 Å². The molecule has 0 spiro atoms. The molecule has 1 fully saturated rings. The van der Waals surface area contributed by atoms with Gasteiger partial charge in [0.15, 0.2) is 5.11 Å². The van der Waals surface area contributed by atoms with Crippen LogP contribution in [0.1, 0.15) is 18.9 Å². The predicted octanol–water partition coefficient (Wildman–Crippen LogP) is 5.28. The number of ether oxygens (including phenoxy) is 2. The van der Waals surface area contributed by atoms with Gasteiger partial charge >= 0.3 is 0 Å². The molecular weight excluding hydrogens is 498 g/mol. The zero-order valence-corrected chi connectivity index (χ0v) is 21.5. The Kier molecular flexibility index (Phi) is 8.07. The summed E-state index contributed by atoms with van der Waals surface area (Å²) in [6.45, 7) is 2.69. The molecule has 36 heavy (non-hydrogen) atoms. The van der Waals surface area contributed by atoms with Crippen molar-refractivity contribution in [1.82, 2.24) is 4.90 Å². The molecule has 1 heterocycles. The van der Waals surface area contributed by atoms with Crippen molar-refractivity contribution in [2.75, 3.05) is 23.9 Å². The molecule has 1 unspecified atom stereocenters. The van der Waals surface area contributed by atoms with E-state index in [4.69, 9.17) is 33.3 Å². The van der Waals surface area contributed by atoms with E-state index in [0.29, 0.717) is 39.6 Å². The number of thiocarbonyl (C=S) groups is 1. The molecule has 1 atom stereocenters. The van der Waals surface area contributed by atoms with Gasteiger partial charge < -0.3 is 19.7 Å². The van der Waals surface area contributed by atoms with Gasteiger partial charge in [0, 0.05) is 23.3 Å². The third-order valence-electron chi connectivity index (χ3n) is 5.76. The normalized spacial score (nSPS) is 15.2. The summed E-state index contributed by atoms with van der Waals surface area (Å²) < 4.78 is 10.7. The van der Waals surface area contributed by atoms with Crippen molar-refractivity contribution in [2.24, 2.45) is 0 Å². The second kappa shape index (κ2) is 11.4. The Balaban J connectivity index is 1.59. The third-order valence-corrected chi connectivity index (χ3v) is 6.54. The van der Waals surface area contributed by atoms with Gasteiger partial charge in [0.05, 0.1) is 25.8 Å². The van der Waals surface area contributed by atoms with Gasteiger partial charge in [0.1, 0.15) is 17.5 Å². The summed E-state index contributed by atoms with van der Waals surface area (Å²) in [4.78, 5) is 29.9. The zero-order chi connectivity index (χ0) is 25.7. The average Bonchev–Trinajstić information content (AvgIpc) is 3.09. The molecule has 186 valence electrons. The number of hydrogen-bond acceptors (Lipinski definition) is 5. The summed E-state index contributed by atoms with van der Waals surface area (Å²) in [6.07, 6.45) is -0.0884. The molecule has 1 saturated heterocycles. The van der Waals surface area contributed by atoms with Crippen LogP contribution in [0.25, 0.3) is 0 Å². The van der Waals surface area contributed by atoms with Crippen LogP contribution in [0.5, 0.6) is 11.5 Å². The van der Waals surface area contributed by atoms with Crippen molar-refractivity contribution in [3.05, 3.63) is 83.4 Å². The quantitative estimate of drug-likeness (QED) is 0.385. The lowest BCUT2D eigenvalue weighted by molar-refractivity contribution is -0.124. The van der Waals surface area contributed by atoms with E-state index in [-0.39, 0.29) is 24.8 Å². The van der Waals surface area contributed by atoms with E-state index >= 15 is 0 Å². The van der Waals surface area contributed by atoms with E-state index in [1.54, 1.807) is 60.5 Å². The zero-order valence-electron chi connectivity index (χ0n) is 19.9. The van der Waals surface area contributed by atoms with Gasteiger partial charge in [-0.3, -0.25) is 14.5 Å². The molecule has 1 N–H and O–H groups in total. The number of benzene rings is 3. The number of anilines is 2. The molecule has 0 aromatic heterocycles. The fourth-order valence-corrected chi connectivity index (χ4v) is 4.59. The number of carbonyl (C=O) groups excluding carboxylic acids is 2. The fourth-order valence-electron chi connectivity index (χ4n) is 4.01. The van der Waals surface area contributed by atoms with Crippen molar-refractivity contribution < 1.29 is 19.1 Å². The molecule has 7 nitrogen and oxygen atoms in total. The first-order chi connectivity index (χ1) is 17.4. The average molecular weight is 524 g/mol. The maximum Gasteiger partial charge on any atom is 0.256 e. The Morgan fingerprint density at radius 2 is 1.81 bits per heavy atom. The topological polar surface area (TPSA) is 71.1 Å². The van der Waals surface area contributed by atoms with Crippen LogP contribution in [0, 0.1) is 0 Å². The van der Waals surface area contributed by atoms with Crippen LogP contribution in [0.2, 0.25) is 5.02 Å². The number of nitrogens with zero attached hydrogens (tertiary/aromatic N) is 2. The number of rotatable bonds is 9. The minimum atomic E-state index is -0.800. The number of amides is 2. The third kappa shape index (κ3) is 5.61. The molecule has 0 aliphatic carbocycles. The van der Waals surface area contributed by atoms with Crippen LogP contribution in [-0.2, 0) is 16.1 Å². The van der Waals surface area contributed by atoms with Crippen LogP contribution in [-0.4, -0.2) is 41.6 Å². The molecule has 3 aromatic carbocycles. The Morgan fingerprint density at radius 1 is 1.06 bits per heavy atom. The van der Waals surface area contributed by atoms with E-state index in [9.17, 15) is 9.59 Å². The van der Waals surface area contributed by atoms with Gasteiger partial charge in [-0.05, 0) is 67.2 Å². The van der Waals surface area contributed by atoms with Crippen LogP contribution in [0.4, 0.5) is 11.4 Å². The minimum absolute atomic E-state index is 0.0884. The SMILES string of the molecule is CCOc1cccc(NC(=O)CC2C(=O)N(c3ccc(OC)cc3)C(=S)N2Cc2ccccc2Cl)c1. The van der Waals surface area contributed by atoms with Gasteiger partial charge in [-0.1, -0.05) is 35.9 Å².